The summed E-state index contributed by atoms with van der Waals surface area (Å²) >= 11 is 0. The first kappa shape index (κ1) is 20.3. The maximum atomic E-state index is 13.8. The number of benzene rings is 2. The molecule has 31 heavy (non-hydrogen) atoms. The Kier molecular flexibility index (Phi) is 5.74. The Bertz CT molecular complexity index is 1200. The van der Waals surface area contributed by atoms with E-state index in [0.717, 1.165) is 5.69 Å². The summed E-state index contributed by atoms with van der Waals surface area (Å²) in [6.45, 7) is 3.48. The highest BCUT2D eigenvalue weighted by Gasteiger charge is 2.21. The predicted octanol–water partition coefficient (Wildman–Crippen LogP) is 4.13. The fourth-order valence-electron chi connectivity index (χ4n) is 2.82. The Balaban J connectivity index is 1.55. The zero-order valence-corrected chi connectivity index (χ0v) is 16.9. The number of para-hydroxylation sites is 1. The highest BCUT2D eigenvalue weighted by molar-refractivity contribution is 5.90. The summed E-state index contributed by atoms with van der Waals surface area (Å²) in [5.41, 5.74) is 1.80. The lowest BCUT2D eigenvalue weighted by Crippen LogP contribution is -2.08. The van der Waals surface area contributed by atoms with Gasteiger partial charge in [-0.2, -0.15) is 10.1 Å². The molecule has 0 saturated carbocycles. The largest absolute Gasteiger partial charge is 0.479 e. The van der Waals surface area contributed by atoms with Crippen molar-refractivity contribution in [1.29, 1.82) is 0 Å². The van der Waals surface area contributed by atoms with Crippen molar-refractivity contribution in [3.63, 3.8) is 0 Å². The molecule has 2 aromatic heterocycles. The van der Waals surface area contributed by atoms with Crippen molar-refractivity contribution in [2.24, 2.45) is 0 Å². The highest BCUT2D eigenvalue weighted by Crippen LogP contribution is 2.23. The number of hydrogen-bond acceptors (Lipinski definition) is 7. The van der Waals surface area contributed by atoms with E-state index in [1.807, 2.05) is 30.3 Å². The van der Waals surface area contributed by atoms with Crippen LogP contribution in [0, 0.1) is 12.7 Å². The van der Waals surface area contributed by atoms with Crippen molar-refractivity contribution < 1.29 is 23.2 Å². The lowest BCUT2D eigenvalue weighted by molar-refractivity contribution is 0.0513. The number of aromatic nitrogens is 4. The van der Waals surface area contributed by atoms with E-state index in [9.17, 15) is 9.18 Å². The van der Waals surface area contributed by atoms with Crippen molar-refractivity contribution in [2.45, 2.75) is 20.5 Å². The summed E-state index contributed by atoms with van der Waals surface area (Å²) in [6, 6.07) is 14.0. The number of carbonyl (C=O) groups excluding carboxylic acids is 1. The number of esters is 1. The van der Waals surface area contributed by atoms with Gasteiger partial charge < -0.3 is 14.0 Å². The second-order valence-electron chi connectivity index (χ2n) is 6.61. The summed E-state index contributed by atoms with van der Waals surface area (Å²) in [4.78, 5) is 16.5. The summed E-state index contributed by atoms with van der Waals surface area (Å²) in [5.74, 6) is -0.342. The smallest absolute Gasteiger partial charge is 0.362 e. The average Bonchev–Trinajstić information content (AvgIpc) is 3.42. The molecule has 4 aromatic rings. The van der Waals surface area contributed by atoms with Crippen molar-refractivity contribution >= 4 is 5.97 Å². The van der Waals surface area contributed by atoms with Gasteiger partial charge in [-0.05, 0) is 37.6 Å². The summed E-state index contributed by atoms with van der Waals surface area (Å²) in [5, 5.41) is 8.15. The Morgan fingerprint density at radius 3 is 2.74 bits per heavy atom. The van der Waals surface area contributed by atoms with Gasteiger partial charge in [-0.3, -0.25) is 0 Å². The van der Waals surface area contributed by atoms with Crippen LogP contribution >= 0.6 is 0 Å². The van der Waals surface area contributed by atoms with Crippen LogP contribution in [0.4, 0.5) is 4.39 Å². The zero-order chi connectivity index (χ0) is 21.8. The fraction of sp³-hybridized carbons (Fsp3) is 0.182. The van der Waals surface area contributed by atoms with Gasteiger partial charge in [0, 0.05) is 5.56 Å². The van der Waals surface area contributed by atoms with Gasteiger partial charge in [0.1, 0.15) is 5.82 Å². The van der Waals surface area contributed by atoms with Crippen molar-refractivity contribution in [2.75, 3.05) is 6.61 Å². The molecule has 158 valence electrons. The van der Waals surface area contributed by atoms with Gasteiger partial charge in [0.2, 0.25) is 11.5 Å². The molecule has 4 rings (SSSR count). The second-order valence-corrected chi connectivity index (χ2v) is 6.61. The van der Waals surface area contributed by atoms with Crippen molar-refractivity contribution in [1.82, 2.24) is 19.9 Å². The normalized spacial score (nSPS) is 10.8. The molecular formula is C22H19FN4O4. The monoisotopic (exact) mass is 422 g/mol. The zero-order valence-electron chi connectivity index (χ0n) is 16.9. The molecule has 0 aliphatic rings. The Morgan fingerprint density at radius 1 is 1.19 bits per heavy atom. The molecule has 0 fully saturated rings. The molecule has 0 spiro atoms. The molecule has 0 atom stereocenters. The van der Waals surface area contributed by atoms with Gasteiger partial charge in [0.05, 0.1) is 18.5 Å². The van der Waals surface area contributed by atoms with Crippen molar-refractivity contribution in [3.05, 3.63) is 77.7 Å². The van der Waals surface area contributed by atoms with E-state index in [2.05, 4.69) is 15.2 Å². The Labute approximate surface area is 177 Å². The van der Waals surface area contributed by atoms with Gasteiger partial charge in [-0.25, -0.2) is 13.9 Å². The summed E-state index contributed by atoms with van der Waals surface area (Å²) < 4.78 is 31.3. The van der Waals surface area contributed by atoms with Crippen LogP contribution in [0.5, 0.6) is 5.75 Å². The molecule has 0 radical (unpaired) electrons. The molecule has 2 aromatic carbocycles. The highest BCUT2D eigenvalue weighted by atomic mass is 19.1. The Hall–Kier alpha value is -4.01. The topological polar surface area (TPSA) is 92.3 Å². The maximum Gasteiger partial charge on any atom is 0.362 e. The first-order valence-electron chi connectivity index (χ1n) is 9.59. The minimum Gasteiger partial charge on any atom is -0.479 e. The van der Waals surface area contributed by atoms with Crippen LogP contribution in [0.1, 0.15) is 28.9 Å². The third kappa shape index (κ3) is 4.45. The number of nitrogens with zero attached hydrogens (tertiary/aromatic N) is 4. The molecule has 2 heterocycles. The average molecular weight is 422 g/mol. The van der Waals surface area contributed by atoms with E-state index in [1.54, 1.807) is 32.2 Å². The quantitative estimate of drug-likeness (QED) is 0.414. The third-order valence-electron chi connectivity index (χ3n) is 4.42. The van der Waals surface area contributed by atoms with Crippen molar-refractivity contribution in [3.8, 4) is 22.8 Å². The summed E-state index contributed by atoms with van der Waals surface area (Å²) in [7, 11) is 0. The van der Waals surface area contributed by atoms with Gasteiger partial charge in [0.25, 0.3) is 5.89 Å². The Morgan fingerprint density at radius 2 is 2.00 bits per heavy atom. The first-order chi connectivity index (χ1) is 15.0. The number of carbonyl (C=O) groups is 1. The fourth-order valence-corrected chi connectivity index (χ4v) is 2.82. The minimum atomic E-state index is -0.603. The molecule has 8 nitrogen and oxygen atoms in total. The number of ether oxygens (including phenoxy) is 2. The van der Waals surface area contributed by atoms with Crippen LogP contribution in [-0.4, -0.2) is 32.5 Å². The third-order valence-corrected chi connectivity index (χ3v) is 4.42. The van der Waals surface area contributed by atoms with Crippen LogP contribution in [0.3, 0.4) is 0 Å². The minimum absolute atomic E-state index is 0.0334. The van der Waals surface area contributed by atoms with E-state index in [0.29, 0.717) is 11.1 Å². The molecule has 0 saturated heterocycles. The van der Waals surface area contributed by atoms with Crippen LogP contribution in [0.2, 0.25) is 0 Å². The van der Waals surface area contributed by atoms with Gasteiger partial charge in [-0.1, -0.05) is 35.5 Å². The molecule has 0 aliphatic carbocycles. The van der Waals surface area contributed by atoms with Crippen LogP contribution in [0.15, 0.2) is 59.3 Å². The first-order valence-corrected chi connectivity index (χ1v) is 9.59. The lowest BCUT2D eigenvalue weighted by Gasteiger charge is -2.02. The van der Waals surface area contributed by atoms with E-state index >= 15 is 0 Å². The van der Waals surface area contributed by atoms with Gasteiger partial charge in [-0.15, -0.1) is 0 Å². The predicted molar refractivity (Wildman–Crippen MR) is 108 cm³/mol. The molecule has 0 N–H and O–H groups in total. The number of aryl methyl sites for hydroxylation is 1. The standard InChI is InChI=1S/C22H19FN4O4/c1-3-29-22(28)20-18(12-27(25-20)16-7-5-4-6-8-16)30-13-19-24-21(26-31-19)15-10-9-14(2)17(23)11-15/h4-12H,3,13H2,1-2H3. The number of halogens is 1. The summed E-state index contributed by atoms with van der Waals surface area (Å²) in [6.07, 6.45) is 1.58. The molecule has 9 heteroatoms. The lowest BCUT2D eigenvalue weighted by atomic mass is 10.1. The molecule has 0 amide bonds. The van der Waals surface area contributed by atoms with E-state index in [4.69, 9.17) is 14.0 Å². The number of rotatable bonds is 7. The van der Waals surface area contributed by atoms with E-state index < -0.39 is 5.97 Å². The molecule has 0 unspecified atom stereocenters. The molecule has 0 aliphatic heterocycles. The van der Waals surface area contributed by atoms with Gasteiger partial charge in [0.15, 0.2) is 12.4 Å². The second kappa shape index (κ2) is 8.78. The maximum absolute atomic E-state index is 13.8. The van der Waals surface area contributed by atoms with E-state index in [1.165, 1.54) is 10.7 Å². The molecule has 0 bridgehead atoms. The van der Waals surface area contributed by atoms with E-state index in [-0.39, 0.29) is 42.2 Å². The molecular weight excluding hydrogens is 403 g/mol. The SMILES string of the molecule is CCOC(=O)c1nn(-c2ccccc2)cc1OCc1nc(-c2ccc(C)c(F)c2)no1. The van der Waals surface area contributed by atoms with Crippen LogP contribution in [0.25, 0.3) is 17.1 Å². The van der Waals surface area contributed by atoms with Crippen LogP contribution in [-0.2, 0) is 11.3 Å². The van der Waals surface area contributed by atoms with Crippen LogP contribution < -0.4 is 4.74 Å². The number of hydrogen-bond donors (Lipinski definition) is 0. The van der Waals surface area contributed by atoms with Gasteiger partial charge >= 0.3 is 5.97 Å².